The molecule has 2 aromatic rings. The van der Waals surface area contributed by atoms with Crippen molar-refractivity contribution in [1.29, 1.82) is 0 Å². The molecule has 0 atom stereocenters. The van der Waals surface area contributed by atoms with Crippen LogP contribution in [-0.2, 0) is 14.3 Å². The molecule has 0 unspecified atom stereocenters. The predicted molar refractivity (Wildman–Crippen MR) is 94.5 cm³/mol. The second-order valence-electron chi connectivity index (χ2n) is 4.80. The van der Waals surface area contributed by atoms with Crippen LogP contribution < -0.4 is 14.8 Å². The number of amides is 1. The maximum absolute atomic E-state index is 11.8. The van der Waals surface area contributed by atoms with Crippen molar-refractivity contribution in [2.45, 2.75) is 0 Å². The minimum Gasteiger partial charge on any atom is -0.497 e. The summed E-state index contributed by atoms with van der Waals surface area (Å²) >= 11 is 11.7. The van der Waals surface area contributed by atoms with E-state index in [1.54, 1.807) is 43.5 Å². The Bertz CT molecular complexity index is 749. The summed E-state index contributed by atoms with van der Waals surface area (Å²) in [5, 5.41) is 3.25. The fraction of sp³-hybridized carbons (Fsp3) is 0.176. The first-order valence-corrected chi connectivity index (χ1v) is 7.91. The molecule has 8 heteroatoms. The minimum absolute atomic E-state index is 0.287. The Balaban J connectivity index is 1.74. The highest BCUT2D eigenvalue weighted by Crippen LogP contribution is 2.25. The fourth-order valence-electron chi connectivity index (χ4n) is 1.78. The summed E-state index contributed by atoms with van der Waals surface area (Å²) in [5.74, 6) is -0.0437. The summed E-state index contributed by atoms with van der Waals surface area (Å²) < 4.78 is 15.1. The lowest BCUT2D eigenvalue weighted by Gasteiger charge is -2.09. The number of hydrogen-bond donors (Lipinski definition) is 1. The number of esters is 1. The van der Waals surface area contributed by atoms with Gasteiger partial charge in [0.1, 0.15) is 11.5 Å². The van der Waals surface area contributed by atoms with E-state index in [0.717, 1.165) is 0 Å². The normalized spacial score (nSPS) is 10.0. The fourth-order valence-corrected chi connectivity index (χ4v) is 2.23. The van der Waals surface area contributed by atoms with Crippen molar-refractivity contribution in [3.63, 3.8) is 0 Å². The Kier molecular flexibility index (Phi) is 6.91. The molecule has 2 aromatic carbocycles. The highest BCUT2D eigenvalue weighted by atomic mass is 35.5. The van der Waals surface area contributed by atoms with Gasteiger partial charge in [-0.05, 0) is 42.5 Å². The van der Waals surface area contributed by atoms with Crippen LogP contribution >= 0.6 is 23.2 Å². The first-order valence-electron chi connectivity index (χ1n) is 7.15. The summed E-state index contributed by atoms with van der Waals surface area (Å²) in [6.07, 6.45) is 0. The van der Waals surface area contributed by atoms with Crippen LogP contribution in [0.4, 0.5) is 5.69 Å². The zero-order chi connectivity index (χ0) is 18.2. The van der Waals surface area contributed by atoms with E-state index in [2.05, 4.69) is 5.32 Å². The maximum Gasteiger partial charge on any atom is 0.344 e. The smallest absolute Gasteiger partial charge is 0.344 e. The van der Waals surface area contributed by atoms with Crippen LogP contribution in [-0.4, -0.2) is 32.2 Å². The number of benzene rings is 2. The standard InChI is InChI=1S/C17H15Cl2NO5/c1-23-12-3-5-13(6-4-12)24-10-17(22)25-9-16(21)20-15-7-2-11(18)8-14(15)19/h2-8H,9-10H2,1H3,(H,20,21). The first kappa shape index (κ1) is 18.9. The van der Waals surface area contributed by atoms with Crippen LogP contribution in [0, 0.1) is 0 Å². The summed E-state index contributed by atoms with van der Waals surface area (Å²) in [7, 11) is 1.55. The average molecular weight is 384 g/mol. The van der Waals surface area contributed by atoms with E-state index in [9.17, 15) is 9.59 Å². The maximum atomic E-state index is 11.8. The lowest BCUT2D eigenvalue weighted by molar-refractivity contribution is -0.149. The second-order valence-corrected chi connectivity index (χ2v) is 5.64. The molecule has 0 bridgehead atoms. The third-order valence-electron chi connectivity index (χ3n) is 2.99. The molecule has 0 aromatic heterocycles. The van der Waals surface area contributed by atoms with E-state index in [4.69, 9.17) is 37.4 Å². The van der Waals surface area contributed by atoms with E-state index >= 15 is 0 Å². The molecular formula is C17H15Cl2NO5. The van der Waals surface area contributed by atoms with Crippen LogP contribution in [0.2, 0.25) is 10.0 Å². The third kappa shape index (κ3) is 6.17. The molecular weight excluding hydrogens is 369 g/mol. The summed E-state index contributed by atoms with van der Waals surface area (Å²) in [6.45, 7) is -0.773. The zero-order valence-corrected chi connectivity index (χ0v) is 14.8. The molecule has 0 aliphatic heterocycles. The van der Waals surface area contributed by atoms with E-state index in [0.29, 0.717) is 22.2 Å². The first-order chi connectivity index (χ1) is 12.0. The molecule has 0 radical (unpaired) electrons. The van der Waals surface area contributed by atoms with Gasteiger partial charge in [-0.3, -0.25) is 4.79 Å². The molecule has 0 spiro atoms. The number of carbonyl (C=O) groups is 2. The lowest BCUT2D eigenvalue weighted by Crippen LogP contribution is -2.23. The van der Waals surface area contributed by atoms with Crippen molar-refractivity contribution in [3.05, 3.63) is 52.5 Å². The van der Waals surface area contributed by atoms with Gasteiger partial charge < -0.3 is 19.5 Å². The van der Waals surface area contributed by atoms with Crippen LogP contribution in [0.1, 0.15) is 0 Å². The third-order valence-corrected chi connectivity index (χ3v) is 3.53. The van der Waals surface area contributed by atoms with Crippen LogP contribution in [0.5, 0.6) is 11.5 Å². The van der Waals surface area contributed by atoms with Crippen molar-refractivity contribution in [2.75, 3.05) is 25.6 Å². The van der Waals surface area contributed by atoms with Crippen LogP contribution in [0.15, 0.2) is 42.5 Å². The largest absolute Gasteiger partial charge is 0.497 e. The minimum atomic E-state index is -0.673. The molecule has 0 saturated carbocycles. The van der Waals surface area contributed by atoms with Gasteiger partial charge in [-0.15, -0.1) is 0 Å². The molecule has 0 saturated heterocycles. The van der Waals surface area contributed by atoms with Crippen molar-refractivity contribution in [2.24, 2.45) is 0 Å². The van der Waals surface area contributed by atoms with Crippen LogP contribution in [0.25, 0.3) is 0 Å². The van der Waals surface area contributed by atoms with Gasteiger partial charge in [-0.2, -0.15) is 0 Å². The summed E-state index contributed by atoms with van der Waals surface area (Å²) in [6, 6.07) is 11.3. The second kappa shape index (κ2) is 9.15. The number of anilines is 1. The summed E-state index contributed by atoms with van der Waals surface area (Å²) in [5.41, 5.74) is 0.376. The Morgan fingerprint density at radius 3 is 2.32 bits per heavy atom. The molecule has 2 rings (SSSR count). The molecule has 132 valence electrons. The van der Waals surface area contributed by atoms with E-state index in [-0.39, 0.29) is 11.6 Å². The average Bonchev–Trinajstić information content (AvgIpc) is 2.61. The van der Waals surface area contributed by atoms with Gasteiger partial charge in [-0.1, -0.05) is 23.2 Å². The Labute approximate surface area is 154 Å². The molecule has 25 heavy (non-hydrogen) atoms. The highest BCUT2D eigenvalue weighted by Gasteiger charge is 2.10. The van der Waals surface area contributed by atoms with Gasteiger partial charge in [0.2, 0.25) is 0 Å². The van der Waals surface area contributed by atoms with Gasteiger partial charge >= 0.3 is 5.97 Å². The van der Waals surface area contributed by atoms with Gasteiger partial charge in [0.05, 0.1) is 17.8 Å². The predicted octanol–water partition coefficient (Wildman–Crippen LogP) is 3.56. The topological polar surface area (TPSA) is 73.9 Å². The molecule has 0 aliphatic rings. The molecule has 6 nitrogen and oxygen atoms in total. The molecule has 1 N–H and O–H groups in total. The zero-order valence-electron chi connectivity index (χ0n) is 13.3. The number of nitrogens with one attached hydrogen (secondary N) is 1. The quantitative estimate of drug-likeness (QED) is 0.739. The number of hydrogen-bond acceptors (Lipinski definition) is 5. The Morgan fingerprint density at radius 2 is 1.68 bits per heavy atom. The molecule has 1 amide bonds. The van der Waals surface area contributed by atoms with Crippen molar-refractivity contribution < 1.29 is 23.8 Å². The van der Waals surface area contributed by atoms with Gasteiger partial charge in [0.15, 0.2) is 13.2 Å². The van der Waals surface area contributed by atoms with Crippen molar-refractivity contribution >= 4 is 40.8 Å². The van der Waals surface area contributed by atoms with Gasteiger partial charge in [-0.25, -0.2) is 4.79 Å². The van der Waals surface area contributed by atoms with Gasteiger partial charge in [0.25, 0.3) is 5.91 Å². The van der Waals surface area contributed by atoms with Crippen molar-refractivity contribution in [3.8, 4) is 11.5 Å². The van der Waals surface area contributed by atoms with Gasteiger partial charge in [0, 0.05) is 5.02 Å². The van der Waals surface area contributed by atoms with Crippen LogP contribution in [0.3, 0.4) is 0 Å². The summed E-state index contributed by atoms with van der Waals surface area (Å²) in [4.78, 5) is 23.4. The Morgan fingerprint density at radius 1 is 1.00 bits per heavy atom. The van der Waals surface area contributed by atoms with E-state index in [1.807, 2.05) is 0 Å². The Hall–Kier alpha value is -2.44. The van der Waals surface area contributed by atoms with E-state index < -0.39 is 18.5 Å². The molecule has 0 heterocycles. The SMILES string of the molecule is COc1ccc(OCC(=O)OCC(=O)Nc2ccc(Cl)cc2Cl)cc1. The lowest BCUT2D eigenvalue weighted by atomic mass is 10.3. The molecule has 0 fully saturated rings. The number of halogens is 2. The molecule has 0 aliphatic carbocycles. The number of rotatable bonds is 7. The monoisotopic (exact) mass is 383 g/mol. The highest BCUT2D eigenvalue weighted by molar-refractivity contribution is 6.36. The number of methoxy groups -OCH3 is 1. The number of carbonyl (C=O) groups excluding carboxylic acids is 2. The number of ether oxygens (including phenoxy) is 3. The van der Waals surface area contributed by atoms with E-state index in [1.165, 1.54) is 6.07 Å². The van der Waals surface area contributed by atoms with Crippen molar-refractivity contribution in [1.82, 2.24) is 0 Å².